The summed E-state index contributed by atoms with van der Waals surface area (Å²) >= 11 is 1.43. The molecule has 10 heteroatoms. The van der Waals surface area contributed by atoms with E-state index in [1.807, 2.05) is 0 Å². The Bertz CT molecular complexity index is 849. The largest absolute Gasteiger partial charge is 0.490 e. The highest BCUT2D eigenvalue weighted by Crippen LogP contribution is 2.39. The summed E-state index contributed by atoms with van der Waals surface area (Å²) in [6.07, 6.45) is 3.93. The smallest absolute Gasteiger partial charge is 0.390 e. The van der Waals surface area contributed by atoms with Gasteiger partial charge in [-0.2, -0.15) is 9.94 Å². The zero-order valence-electron chi connectivity index (χ0n) is 12.9. The molecule has 1 aliphatic carbocycles. The number of nitriles is 1. The standard InChI is InChI=1S/C14H14N6O3S/c1-8-2-3-9-10(5-15)13(24-11(9)4-8)17-12(21)6-19-7-16-14(18-19)20(22)23/h7-8H,2-4,6H2,1H3,(H,17,21)/t8-/m0/s1. The molecule has 9 nitrogen and oxygen atoms in total. The van der Waals surface area contributed by atoms with Crippen molar-refractivity contribution in [3.63, 3.8) is 0 Å². The van der Waals surface area contributed by atoms with Gasteiger partial charge < -0.3 is 15.4 Å². The summed E-state index contributed by atoms with van der Waals surface area (Å²) in [5, 5.41) is 26.8. The lowest BCUT2D eigenvalue weighted by Crippen LogP contribution is -2.19. The van der Waals surface area contributed by atoms with Crippen molar-refractivity contribution >= 4 is 28.2 Å². The molecule has 0 saturated carbocycles. The number of hydrogen-bond acceptors (Lipinski definition) is 7. The molecule has 0 radical (unpaired) electrons. The molecule has 0 aliphatic heterocycles. The molecule has 2 aromatic rings. The summed E-state index contributed by atoms with van der Waals surface area (Å²) < 4.78 is 1.09. The number of nitrogens with one attached hydrogen (secondary N) is 1. The Labute approximate surface area is 141 Å². The predicted octanol–water partition coefficient (Wildman–Crippen LogP) is 1.88. The Balaban J connectivity index is 1.74. The molecule has 1 aliphatic rings. The number of aromatic nitrogens is 3. The van der Waals surface area contributed by atoms with E-state index >= 15 is 0 Å². The first-order valence-corrected chi connectivity index (χ1v) is 8.18. The van der Waals surface area contributed by atoms with Gasteiger partial charge in [0.25, 0.3) is 0 Å². The third-order valence-electron chi connectivity index (χ3n) is 3.87. The van der Waals surface area contributed by atoms with Gasteiger partial charge in [-0.25, -0.2) is 0 Å². The van der Waals surface area contributed by atoms with Crippen molar-refractivity contribution in [1.82, 2.24) is 14.8 Å². The number of rotatable bonds is 4. The summed E-state index contributed by atoms with van der Waals surface area (Å²) in [6.45, 7) is 1.97. The highest BCUT2D eigenvalue weighted by atomic mass is 32.1. The van der Waals surface area contributed by atoms with Gasteiger partial charge in [0, 0.05) is 9.98 Å². The van der Waals surface area contributed by atoms with E-state index in [9.17, 15) is 20.2 Å². The van der Waals surface area contributed by atoms with Crippen LogP contribution in [0.5, 0.6) is 0 Å². The maximum Gasteiger partial charge on any atom is 0.490 e. The fraction of sp³-hybridized carbons (Fsp3) is 0.429. The topological polar surface area (TPSA) is 127 Å². The Morgan fingerprint density at radius 2 is 2.46 bits per heavy atom. The monoisotopic (exact) mass is 346 g/mol. The van der Waals surface area contributed by atoms with Crippen LogP contribution in [0.3, 0.4) is 0 Å². The molecule has 24 heavy (non-hydrogen) atoms. The summed E-state index contributed by atoms with van der Waals surface area (Å²) in [5.41, 5.74) is 1.56. The van der Waals surface area contributed by atoms with Crippen LogP contribution < -0.4 is 5.32 Å². The minimum absolute atomic E-state index is 0.204. The van der Waals surface area contributed by atoms with Gasteiger partial charge in [0.2, 0.25) is 12.2 Å². The molecule has 3 rings (SSSR count). The molecular weight excluding hydrogens is 332 g/mol. The fourth-order valence-electron chi connectivity index (χ4n) is 2.72. The van der Waals surface area contributed by atoms with E-state index in [1.54, 1.807) is 0 Å². The number of fused-ring (bicyclic) bond motifs is 1. The lowest BCUT2D eigenvalue weighted by Gasteiger charge is -2.17. The third kappa shape index (κ3) is 3.11. The molecule has 1 N–H and O–H groups in total. The van der Waals surface area contributed by atoms with Crippen molar-refractivity contribution in [3.05, 3.63) is 32.4 Å². The fourth-order valence-corrected chi connectivity index (χ4v) is 4.09. The number of nitro groups is 1. The number of amides is 1. The summed E-state index contributed by atoms with van der Waals surface area (Å²) in [7, 11) is 0. The maximum atomic E-state index is 12.1. The first-order chi connectivity index (χ1) is 11.5. The number of carbonyl (C=O) groups excluding carboxylic acids is 1. The van der Waals surface area contributed by atoms with Gasteiger partial charge in [-0.15, -0.1) is 11.3 Å². The zero-order chi connectivity index (χ0) is 17.3. The van der Waals surface area contributed by atoms with Crippen molar-refractivity contribution in [3.8, 4) is 6.07 Å². The molecule has 0 bridgehead atoms. The number of thiophene rings is 1. The van der Waals surface area contributed by atoms with E-state index in [-0.39, 0.29) is 6.54 Å². The summed E-state index contributed by atoms with van der Waals surface area (Å²) in [6, 6.07) is 2.18. The number of carbonyl (C=O) groups is 1. The van der Waals surface area contributed by atoms with Gasteiger partial charge in [-0.05, 0) is 35.7 Å². The van der Waals surface area contributed by atoms with Crippen molar-refractivity contribution in [2.24, 2.45) is 5.92 Å². The second-order valence-electron chi connectivity index (χ2n) is 5.72. The van der Waals surface area contributed by atoms with E-state index < -0.39 is 16.8 Å². The van der Waals surface area contributed by atoms with Crippen molar-refractivity contribution in [2.75, 3.05) is 5.32 Å². The SMILES string of the molecule is C[C@H]1CCc2c(sc(NC(=O)Cn3cnc([N+](=O)[O-])n3)c2C#N)C1. The van der Waals surface area contributed by atoms with Crippen LogP contribution in [-0.2, 0) is 24.2 Å². The van der Waals surface area contributed by atoms with E-state index in [1.165, 1.54) is 11.3 Å². The molecule has 0 aromatic carbocycles. The van der Waals surface area contributed by atoms with Crippen LogP contribution >= 0.6 is 11.3 Å². The van der Waals surface area contributed by atoms with Gasteiger partial charge in [0.15, 0.2) is 0 Å². The van der Waals surface area contributed by atoms with Crippen molar-refractivity contribution in [1.29, 1.82) is 5.26 Å². The summed E-state index contributed by atoms with van der Waals surface area (Å²) in [4.78, 5) is 26.6. The number of hydrogen-bond donors (Lipinski definition) is 1. The highest BCUT2D eigenvalue weighted by molar-refractivity contribution is 7.16. The average molecular weight is 346 g/mol. The van der Waals surface area contributed by atoms with Gasteiger partial charge in [-0.1, -0.05) is 11.9 Å². The normalized spacial score (nSPS) is 16.2. The molecule has 0 spiro atoms. The summed E-state index contributed by atoms with van der Waals surface area (Å²) in [5.74, 6) is -0.388. The number of anilines is 1. The van der Waals surface area contributed by atoms with E-state index in [0.717, 1.165) is 40.7 Å². The molecule has 1 amide bonds. The Kier molecular flexibility index (Phi) is 4.26. The van der Waals surface area contributed by atoms with Gasteiger partial charge in [0.1, 0.15) is 17.6 Å². The average Bonchev–Trinajstić information content (AvgIpc) is 3.10. The van der Waals surface area contributed by atoms with Gasteiger partial charge >= 0.3 is 5.95 Å². The van der Waals surface area contributed by atoms with Crippen LogP contribution in [0.4, 0.5) is 10.9 Å². The highest BCUT2D eigenvalue weighted by Gasteiger charge is 2.25. The molecule has 0 fully saturated rings. The van der Waals surface area contributed by atoms with Gasteiger partial charge in [-0.3, -0.25) is 4.79 Å². The van der Waals surface area contributed by atoms with Crippen LogP contribution in [0.15, 0.2) is 6.33 Å². The quantitative estimate of drug-likeness (QED) is 0.665. The van der Waals surface area contributed by atoms with E-state index in [0.29, 0.717) is 16.5 Å². The molecule has 124 valence electrons. The Morgan fingerprint density at radius 3 is 3.12 bits per heavy atom. The Hall–Kier alpha value is -2.80. The van der Waals surface area contributed by atoms with Crippen molar-refractivity contribution in [2.45, 2.75) is 32.7 Å². The van der Waals surface area contributed by atoms with Gasteiger partial charge in [0.05, 0.1) is 5.56 Å². The molecule has 0 unspecified atom stereocenters. The maximum absolute atomic E-state index is 12.1. The van der Waals surface area contributed by atoms with Crippen LogP contribution in [0, 0.1) is 27.4 Å². The second-order valence-corrected chi connectivity index (χ2v) is 6.82. The third-order valence-corrected chi connectivity index (χ3v) is 5.04. The van der Waals surface area contributed by atoms with Crippen molar-refractivity contribution < 1.29 is 9.72 Å². The molecular formula is C14H14N6O3S. The first-order valence-electron chi connectivity index (χ1n) is 7.36. The lowest BCUT2D eigenvalue weighted by molar-refractivity contribution is -0.394. The first kappa shape index (κ1) is 16.1. The number of nitrogens with zero attached hydrogens (tertiary/aromatic N) is 5. The molecule has 2 aromatic heterocycles. The second kappa shape index (κ2) is 6.37. The molecule has 0 saturated heterocycles. The molecule has 1 atom stereocenters. The van der Waals surface area contributed by atoms with Crippen LogP contribution in [0.2, 0.25) is 0 Å². The minimum Gasteiger partial charge on any atom is -0.390 e. The van der Waals surface area contributed by atoms with E-state index in [4.69, 9.17) is 0 Å². The Morgan fingerprint density at radius 1 is 1.67 bits per heavy atom. The van der Waals surface area contributed by atoms with E-state index in [2.05, 4.69) is 28.4 Å². The molecule has 2 heterocycles. The minimum atomic E-state index is -0.726. The van der Waals surface area contributed by atoms with Crippen LogP contribution in [0.1, 0.15) is 29.3 Å². The predicted molar refractivity (Wildman–Crippen MR) is 85.5 cm³/mol. The van der Waals surface area contributed by atoms with Crippen LogP contribution in [-0.4, -0.2) is 25.6 Å². The zero-order valence-corrected chi connectivity index (χ0v) is 13.7. The van der Waals surface area contributed by atoms with Crippen LogP contribution in [0.25, 0.3) is 0 Å². The lowest BCUT2D eigenvalue weighted by atomic mass is 9.89.